The second kappa shape index (κ2) is 6.62. The zero-order chi connectivity index (χ0) is 16.4. The van der Waals surface area contributed by atoms with Crippen LogP contribution in [0.5, 0.6) is 0 Å². The fourth-order valence-electron chi connectivity index (χ4n) is 2.71. The van der Waals surface area contributed by atoms with Gasteiger partial charge in [0.05, 0.1) is 11.7 Å². The maximum Gasteiger partial charge on any atom is 0.414 e. The van der Waals surface area contributed by atoms with Crippen LogP contribution in [0.15, 0.2) is 29.7 Å². The van der Waals surface area contributed by atoms with E-state index in [0.717, 1.165) is 5.75 Å². The highest BCUT2D eigenvalue weighted by atomic mass is 32.2. The number of rotatable bonds is 4. The summed E-state index contributed by atoms with van der Waals surface area (Å²) in [5.41, 5.74) is 1.07. The molecule has 0 bridgehead atoms. The molecule has 3 rings (SSSR count). The van der Waals surface area contributed by atoms with Gasteiger partial charge in [0, 0.05) is 25.1 Å². The Bertz CT molecular complexity index is 665. The van der Waals surface area contributed by atoms with Gasteiger partial charge in [0.1, 0.15) is 12.4 Å². The number of nitrogens with zero attached hydrogens (tertiary/aromatic N) is 1. The van der Waals surface area contributed by atoms with Crippen molar-refractivity contribution in [2.45, 2.75) is 18.9 Å². The molecule has 1 N–H and O–H groups in total. The second-order valence-corrected chi connectivity index (χ2v) is 6.45. The van der Waals surface area contributed by atoms with Crippen molar-refractivity contribution in [2.24, 2.45) is 0 Å². The Morgan fingerprint density at radius 3 is 3.00 bits per heavy atom. The summed E-state index contributed by atoms with van der Waals surface area (Å²) in [6.45, 7) is 1.85. The fraction of sp³-hybridized carbons (Fsp3) is 0.375. The largest absolute Gasteiger partial charge is 0.447 e. The van der Waals surface area contributed by atoms with Gasteiger partial charge in [0.2, 0.25) is 5.91 Å². The summed E-state index contributed by atoms with van der Waals surface area (Å²) in [5, 5.41) is 4.63. The van der Waals surface area contributed by atoms with E-state index in [1.165, 1.54) is 17.9 Å². The van der Waals surface area contributed by atoms with Gasteiger partial charge in [-0.25, -0.2) is 9.18 Å². The van der Waals surface area contributed by atoms with Crippen molar-refractivity contribution in [3.63, 3.8) is 0 Å². The summed E-state index contributed by atoms with van der Waals surface area (Å²) in [6, 6.07) is 4.47. The number of carbonyl (C=O) groups is 2. The summed E-state index contributed by atoms with van der Waals surface area (Å²) in [4.78, 5) is 24.4. The quantitative estimate of drug-likeness (QED) is 0.918. The first-order valence-corrected chi connectivity index (χ1v) is 8.39. The van der Waals surface area contributed by atoms with Gasteiger partial charge in [0.25, 0.3) is 0 Å². The topological polar surface area (TPSA) is 58.6 Å². The van der Waals surface area contributed by atoms with Gasteiger partial charge in [-0.05, 0) is 23.1 Å². The Kier molecular flexibility index (Phi) is 4.56. The minimum absolute atomic E-state index is 0.0646. The van der Waals surface area contributed by atoms with E-state index in [1.54, 1.807) is 23.9 Å². The summed E-state index contributed by atoms with van der Waals surface area (Å²) in [7, 11) is 0. The standard InChI is InChI=1S/C16H17FN2O3S/c1-10(20)18-7-13-8-22-16(21)19(13)12-2-3-14(15(17)6-12)11-4-5-23-9-11/h2-6,11,13H,7-9H2,1H3,(H,18,20)/t11?,13-/m0/s1. The molecule has 1 saturated heterocycles. The average Bonchev–Trinajstić information content (AvgIpc) is 3.14. The summed E-state index contributed by atoms with van der Waals surface area (Å²) < 4.78 is 19.5. The third-order valence-corrected chi connectivity index (χ3v) is 4.79. The van der Waals surface area contributed by atoms with Crippen molar-refractivity contribution in [1.29, 1.82) is 0 Å². The van der Waals surface area contributed by atoms with Crippen molar-refractivity contribution in [1.82, 2.24) is 5.32 Å². The van der Waals surface area contributed by atoms with E-state index in [-0.39, 0.29) is 36.8 Å². The number of nitrogens with one attached hydrogen (secondary N) is 1. The van der Waals surface area contributed by atoms with Crippen LogP contribution >= 0.6 is 11.8 Å². The monoisotopic (exact) mass is 336 g/mol. The number of cyclic esters (lactones) is 1. The molecular weight excluding hydrogens is 319 g/mol. The van der Waals surface area contributed by atoms with E-state index in [4.69, 9.17) is 4.74 Å². The molecule has 2 atom stereocenters. The van der Waals surface area contributed by atoms with Crippen molar-refractivity contribution < 1.29 is 18.7 Å². The van der Waals surface area contributed by atoms with Crippen LogP contribution < -0.4 is 10.2 Å². The van der Waals surface area contributed by atoms with Crippen LogP contribution in [0.4, 0.5) is 14.9 Å². The molecule has 0 aliphatic carbocycles. The molecule has 122 valence electrons. The second-order valence-electron chi connectivity index (χ2n) is 5.51. The lowest BCUT2D eigenvalue weighted by Crippen LogP contribution is -2.42. The molecule has 1 unspecified atom stereocenters. The smallest absolute Gasteiger partial charge is 0.414 e. The third kappa shape index (κ3) is 3.34. The fourth-order valence-corrected chi connectivity index (χ4v) is 3.62. The van der Waals surface area contributed by atoms with Crippen molar-refractivity contribution in [3.05, 3.63) is 41.1 Å². The van der Waals surface area contributed by atoms with Crippen molar-refractivity contribution in [2.75, 3.05) is 23.8 Å². The summed E-state index contributed by atoms with van der Waals surface area (Å²) in [6.07, 6.45) is 1.45. The van der Waals surface area contributed by atoms with Crippen molar-refractivity contribution in [3.8, 4) is 0 Å². The van der Waals surface area contributed by atoms with E-state index in [2.05, 4.69) is 5.32 Å². The first kappa shape index (κ1) is 15.9. The number of hydrogen-bond donors (Lipinski definition) is 1. The number of hydrogen-bond acceptors (Lipinski definition) is 4. The first-order chi connectivity index (χ1) is 11.1. The van der Waals surface area contributed by atoms with Gasteiger partial charge in [-0.3, -0.25) is 9.69 Å². The molecule has 2 aliphatic rings. The predicted molar refractivity (Wildman–Crippen MR) is 87.0 cm³/mol. The first-order valence-electron chi connectivity index (χ1n) is 7.34. The average molecular weight is 336 g/mol. The van der Waals surface area contributed by atoms with Gasteiger partial charge in [-0.2, -0.15) is 0 Å². The van der Waals surface area contributed by atoms with Gasteiger partial charge in [0.15, 0.2) is 0 Å². The van der Waals surface area contributed by atoms with Crippen LogP contribution in [0.25, 0.3) is 0 Å². The lowest BCUT2D eigenvalue weighted by atomic mass is 10.00. The molecule has 2 heterocycles. The number of halogens is 1. The highest BCUT2D eigenvalue weighted by molar-refractivity contribution is 8.02. The molecule has 0 aromatic heterocycles. The molecular formula is C16H17FN2O3S. The maximum atomic E-state index is 14.4. The van der Waals surface area contributed by atoms with Crippen LogP contribution in [-0.4, -0.2) is 36.9 Å². The van der Waals surface area contributed by atoms with E-state index in [9.17, 15) is 14.0 Å². The van der Waals surface area contributed by atoms with Crippen LogP contribution in [0.1, 0.15) is 18.4 Å². The zero-order valence-corrected chi connectivity index (χ0v) is 13.4. The molecule has 0 radical (unpaired) electrons. The van der Waals surface area contributed by atoms with E-state index >= 15 is 0 Å². The van der Waals surface area contributed by atoms with E-state index in [0.29, 0.717) is 11.3 Å². The maximum absolute atomic E-state index is 14.4. The molecule has 5 nitrogen and oxygen atoms in total. The molecule has 23 heavy (non-hydrogen) atoms. The number of carbonyl (C=O) groups excluding carboxylic acids is 2. The Morgan fingerprint density at radius 2 is 2.35 bits per heavy atom. The molecule has 7 heteroatoms. The normalized spacial score (nSPS) is 23.2. The lowest BCUT2D eigenvalue weighted by molar-refractivity contribution is -0.119. The molecule has 1 aromatic carbocycles. The summed E-state index contributed by atoms with van der Waals surface area (Å²) in [5.74, 6) is 0.372. The summed E-state index contributed by atoms with van der Waals surface area (Å²) >= 11 is 1.65. The Hall–Kier alpha value is -2.02. The number of ether oxygens (including phenoxy) is 1. The number of amides is 2. The number of thioether (sulfide) groups is 1. The van der Waals surface area contributed by atoms with Crippen LogP contribution in [0, 0.1) is 5.82 Å². The van der Waals surface area contributed by atoms with Gasteiger partial charge >= 0.3 is 6.09 Å². The minimum atomic E-state index is -0.524. The molecule has 1 aromatic rings. The number of benzene rings is 1. The molecule has 0 spiro atoms. The highest BCUT2D eigenvalue weighted by Crippen LogP contribution is 2.33. The van der Waals surface area contributed by atoms with Crippen LogP contribution in [-0.2, 0) is 9.53 Å². The van der Waals surface area contributed by atoms with Crippen LogP contribution in [0.3, 0.4) is 0 Å². The van der Waals surface area contributed by atoms with Gasteiger partial charge in [-0.1, -0.05) is 12.1 Å². The number of anilines is 1. The van der Waals surface area contributed by atoms with E-state index < -0.39 is 6.09 Å². The lowest BCUT2D eigenvalue weighted by Gasteiger charge is -2.22. The minimum Gasteiger partial charge on any atom is -0.447 e. The number of allylic oxidation sites excluding steroid dienone is 1. The van der Waals surface area contributed by atoms with Gasteiger partial charge < -0.3 is 10.1 Å². The molecule has 2 amide bonds. The predicted octanol–water partition coefficient (Wildman–Crippen LogP) is 2.63. The third-order valence-electron chi connectivity index (χ3n) is 3.89. The Labute approximate surface area is 137 Å². The zero-order valence-electron chi connectivity index (χ0n) is 12.6. The van der Waals surface area contributed by atoms with Gasteiger partial charge in [-0.15, -0.1) is 11.8 Å². The molecule has 0 saturated carbocycles. The molecule has 2 aliphatic heterocycles. The Morgan fingerprint density at radius 1 is 1.52 bits per heavy atom. The SMILES string of the molecule is CC(=O)NC[C@H]1COC(=O)N1c1ccc(C2C=CSC2)c(F)c1. The highest BCUT2D eigenvalue weighted by Gasteiger charge is 2.34. The van der Waals surface area contributed by atoms with Crippen LogP contribution in [0.2, 0.25) is 0 Å². The van der Waals surface area contributed by atoms with E-state index in [1.807, 2.05) is 11.5 Å². The molecule has 1 fully saturated rings. The Balaban J connectivity index is 1.81. The van der Waals surface area contributed by atoms with Crippen molar-refractivity contribution >= 4 is 29.4 Å².